The van der Waals surface area contributed by atoms with E-state index in [1.54, 1.807) is 17.9 Å². The van der Waals surface area contributed by atoms with Crippen molar-refractivity contribution in [2.45, 2.75) is 31.7 Å². The van der Waals surface area contributed by atoms with Gasteiger partial charge in [0.25, 0.3) is 5.91 Å². The lowest BCUT2D eigenvalue weighted by Crippen LogP contribution is -2.45. The SMILES string of the molecule is Cn1cc(C(=O)NC2CCCCC2C(=O)O)cn1. The Morgan fingerprint density at radius 1 is 1.44 bits per heavy atom. The van der Waals surface area contributed by atoms with Gasteiger partial charge in [-0.25, -0.2) is 0 Å². The number of carboxylic acids is 1. The Hall–Kier alpha value is -1.85. The number of rotatable bonds is 3. The van der Waals surface area contributed by atoms with Gasteiger partial charge in [-0.05, 0) is 12.8 Å². The van der Waals surface area contributed by atoms with Crippen molar-refractivity contribution in [1.29, 1.82) is 0 Å². The molecule has 0 aliphatic heterocycles. The van der Waals surface area contributed by atoms with E-state index in [0.717, 1.165) is 19.3 Å². The normalized spacial score (nSPS) is 23.6. The summed E-state index contributed by atoms with van der Waals surface area (Å²) in [6.07, 6.45) is 6.33. The molecule has 1 aliphatic rings. The molecule has 1 fully saturated rings. The topological polar surface area (TPSA) is 84.2 Å². The molecule has 2 rings (SSSR count). The van der Waals surface area contributed by atoms with Crippen LogP contribution in [-0.4, -0.2) is 32.8 Å². The summed E-state index contributed by atoms with van der Waals surface area (Å²) >= 11 is 0. The molecular weight excluding hydrogens is 234 g/mol. The number of aliphatic carboxylic acids is 1. The Morgan fingerprint density at radius 3 is 2.78 bits per heavy atom. The lowest BCUT2D eigenvalue weighted by Gasteiger charge is -2.29. The Bertz CT molecular complexity index is 455. The maximum Gasteiger partial charge on any atom is 0.308 e. The second-order valence-electron chi connectivity index (χ2n) is 4.71. The van der Waals surface area contributed by atoms with Crippen LogP contribution in [0.25, 0.3) is 0 Å². The number of nitrogens with zero attached hydrogens (tertiary/aromatic N) is 2. The van der Waals surface area contributed by atoms with Gasteiger partial charge in [-0.15, -0.1) is 0 Å². The monoisotopic (exact) mass is 251 g/mol. The number of hydrogen-bond donors (Lipinski definition) is 2. The highest BCUT2D eigenvalue weighted by Gasteiger charge is 2.32. The third kappa shape index (κ3) is 2.69. The zero-order valence-corrected chi connectivity index (χ0v) is 10.3. The summed E-state index contributed by atoms with van der Waals surface area (Å²) in [5, 5.41) is 15.9. The Morgan fingerprint density at radius 2 is 2.17 bits per heavy atom. The molecule has 0 saturated heterocycles. The summed E-state index contributed by atoms with van der Waals surface area (Å²) in [6.45, 7) is 0. The fourth-order valence-corrected chi connectivity index (χ4v) is 2.39. The van der Waals surface area contributed by atoms with Crippen LogP contribution in [0.2, 0.25) is 0 Å². The van der Waals surface area contributed by atoms with Crippen molar-refractivity contribution in [3.8, 4) is 0 Å². The average Bonchev–Trinajstić information content (AvgIpc) is 2.76. The van der Waals surface area contributed by atoms with Crippen LogP contribution >= 0.6 is 0 Å². The number of aromatic nitrogens is 2. The van der Waals surface area contributed by atoms with Crippen LogP contribution in [0.4, 0.5) is 0 Å². The zero-order valence-electron chi connectivity index (χ0n) is 10.3. The van der Waals surface area contributed by atoms with Crippen molar-refractivity contribution in [1.82, 2.24) is 15.1 Å². The first kappa shape index (κ1) is 12.6. The third-order valence-electron chi connectivity index (χ3n) is 3.37. The highest BCUT2D eigenvalue weighted by Crippen LogP contribution is 2.24. The van der Waals surface area contributed by atoms with E-state index in [-0.39, 0.29) is 11.9 Å². The van der Waals surface area contributed by atoms with Crippen molar-refractivity contribution < 1.29 is 14.7 Å². The van der Waals surface area contributed by atoms with Gasteiger partial charge in [-0.1, -0.05) is 12.8 Å². The second-order valence-corrected chi connectivity index (χ2v) is 4.71. The predicted molar refractivity (Wildman–Crippen MR) is 64.1 cm³/mol. The predicted octanol–water partition coefficient (Wildman–Crippen LogP) is 0.793. The van der Waals surface area contributed by atoms with Crippen molar-refractivity contribution in [3.05, 3.63) is 18.0 Å². The summed E-state index contributed by atoms with van der Waals surface area (Å²) in [5.41, 5.74) is 0.465. The minimum atomic E-state index is -0.828. The first-order valence-electron chi connectivity index (χ1n) is 6.10. The second kappa shape index (κ2) is 5.20. The summed E-state index contributed by atoms with van der Waals surface area (Å²) in [5.74, 6) is -1.55. The van der Waals surface area contributed by atoms with Gasteiger partial charge in [0.1, 0.15) is 0 Å². The molecule has 0 bridgehead atoms. The fourth-order valence-electron chi connectivity index (χ4n) is 2.39. The summed E-state index contributed by atoms with van der Waals surface area (Å²) in [4.78, 5) is 23.1. The lowest BCUT2D eigenvalue weighted by atomic mass is 9.84. The molecule has 2 unspecified atom stereocenters. The van der Waals surface area contributed by atoms with Gasteiger partial charge in [0.2, 0.25) is 0 Å². The molecule has 1 aromatic heterocycles. The smallest absolute Gasteiger partial charge is 0.308 e. The van der Waals surface area contributed by atoms with E-state index in [1.807, 2.05) is 0 Å². The number of nitrogens with one attached hydrogen (secondary N) is 1. The van der Waals surface area contributed by atoms with Crippen LogP contribution in [0.15, 0.2) is 12.4 Å². The van der Waals surface area contributed by atoms with Crippen LogP contribution in [0, 0.1) is 5.92 Å². The molecule has 1 heterocycles. The standard InChI is InChI=1S/C12H17N3O3/c1-15-7-8(6-13-15)11(16)14-10-5-3-2-4-9(10)12(17)18/h6-7,9-10H,2-5H2,1H3,(H,14,16)(H,17,18). The lowest BCUT2D eigenvalue weighted by molar-refractivity contribution is -0.143. The molecule has 2 N–H and O–H groups in total. The molecule has 1 aromatic rings. The van der Waals surface area contributed by atoms with E-state index in [4.69, 9.17) is 5.11 Å². The van der Waals surface area contributed by atoms with Gasteiger partial charge in [0.05, 0.1) is 17.7 Å². The molecule has 2 atom stereocenters. The van der Waals surface area contributed by atoms with Crippen LogP contribution in [0.1, 0.15) is 36.0 Å². The molecule has 0 radical (unpaired) electrons. The van der Waals surface area contributed by atoms with Gasteiger partial charge >= 0.3 is 5.97 Å². The van der Waals surface area contributed by atoms with Crippen LogP contribution in [0.5, 0.6) is 0 Å². The highest BCUT2D eigenvalue weighted by atomic mass is 16.4. The molecule has 1 saturated carbocycles. The van der Waals surface area contributed by atoms with Crippen molar-refractivity contribution >= 4 is 11.9 Å². The highest BCUT2D eigenvalue weighted by molar-refractivity contribution is 5.94. The fraction of sp³-hybridized carbons (Fsp3) is 0.583. The van der Waals surface area contributed by atoms with E-state index in [9.17, 15) is 9.59 Å². The zero-order chi connectivity index (χ0) is 13.1. The molecule has 6 heteroatoms. The van der Waals surface area contributed by atoms with E-state index in [2.05, 4.69) is 10.4 Å². The van der Waals surface area contributed by atoms with Gasteiger partial charge in [-0.3, -0.25) is 14.3 Å². The Kier molecular flexibility index (Phi) is 3.64. The number of carboxylic acid groups (broad SMARTS) is 1. The Labute approximate surface area is 105 Å². The van der Waals surface area contributed by atoms with E-state index >= 15 is 0 Å². The van der Waals surface area contributed by atoms with Crippen molar-refractivity contribution in [2.24, 2.45) is 13.0 Å². The first-order valence-corrected chi connectivity index (χ1v) is 6.10. The molecule has 0 aromatic carbocycles. The number of carbonyl (C=O) groups excluding carboxylic acids is 1. The molecular formula is C12H17N3O3. The summed E-state index contributed by atoms with van der Waals surface area (Å²) in [7, 11) is 1.73. The number of aryl methyl sites for hydroxylation is 1. The van der Waals surface area contributed by atoms with Crippen LogP contribution < -0.4 is 5.32 Å². The molecule has 6 nitrogen and oxygen atoms in total. The molecule has 18 heavy (non-hydrogen) atoms. The summed E-state index contributed by atoms with van der Waals surface area (Å²) < 4.78 is 1.55. The maximum absolute atomic E-state index is 11.9. The van der Waals surface area contributed by atoms with Crippen molar-refractivity contribution in [2.75, 3.05) is 0 Å². The number of carbonyl (C=O) groups is 2. The molecule has 0 spiro atoms. The quantitative estimate of drug-likeness (QED) is 0.832. The van der Waals surface area contributed by atoms with E-state index in [0.29, 0.717) is 12.0 Å². The van der Waals surface area contributed by atoms with Crippen LogP contribution in [0.3, 0.4) is 0 Å². The largest absolute Gasteiger partial charge is 0.481 e. The van der Waals surface area contributed by atoms with E-state index in [1.165, 1.54) is 6.20 Å². The maximum atomic E-state index is 11.9. The average molecular weight is 251 g/mol. The molecule has 98 valence electrons. The molecule has 1 aliphatic carbocycles. The van der Waals surface area contributed by atoms with Gasteiger partial charge in [-0.2, -0.15) is 5.10 Å². The van der Waals surface area contributed by atoms with Gasteiger partial charge < -0.3 is 10.4 Å². The number of hydrogen-bond acceptors (Lipinski definition) is 3. The Balaban J connectivity index is 2.03. The van der Waals surface area contributed by atoms with Crippen molar-refractivity contribution in [3.63, 3.8) is 0 Å². The minimum absolute atomic E-state index is 0.249. The summed E-state index contributed by atoms with van der Waals surface area (Å²) in [6, 6.07) is -0.274. The number of amides is 1. The van der Waals surface area contributed by atoms with Gasteiger partial charge in [0.15, 0.2) is 0 Å². The molecule has 1 amide bonds. The minimum Gasteiger partial charge on any atom is -0.481 e. The third-order valence-corrected chi connectivity index (χ3v) is 3.37. The van der Waals surface area contributed by atoms with E-state index < -0.39 is 11.9 Å². The first-order chi connectivity index (χ1) is 8.58. The van der Waals surface area contributed by atoms with Crippen LogP contribution in [-0.2, 0) is 11.8 Å². The van der Waals surface area contributed by atoms with Gasteiger partial charge in [0, 0.05) is 19.3 Å².